The van der Waals surface area contributed by atoms with E-state index in [0.717, 1.165) is 17.4 Å². The number of aryl methyl sites for hydroxylation is 2. The first-order valence-electron chi connectivity index (χ1n) is 8.05. The zero-order valence-corrected chi connectivity index (χ0v) is 14.4. The molecule has 0 aliphatic rings. The van der Waals surface area contributed by atoms with Gasteiger partial charge in [0.25, 0.3) is 5.91 Å². The monoisotopic (exact) mass is 337 g/mol. The lowest BCUT2D eigenvalue weighted by molar-refractivity contribution is 0.0602. The van der Waals surface area contributed by atoms with E-state index in [-0.39, 0.29) is 5.76 Å². The molecule has 1 aromatic heterocycles. The molecule has 25 heavy (non-hydrogen) atoms. The molecule has 0 radical (unpaired) electrons. The Kier molecular flexibility index (Phi) is 4.57. The van der Waals surface area contributed by atoms with Crippen LogP contribution in [0.15, 0.2) is 46.9 Å². The third kappa shape index (κ3) is 3.13. The van der Waals surface area contributed by atoms with Crippen LogP contribution in [0.2, 0.25) is 0 Å². The predicted molar refractivity (Wildman–Crippen MR) is 96.1 cm³/mol. The number of carbonyl (C=O) groups is 2. The molecular formula is C20H19NO4. The van der Waals surface area contributed by atoms with Crippen molar-refractivity contribution in [1.29, 1.82) is 0 Å². The van der Waals surface area contributed by atoms with Gasteiger partial charge in [-0.1, -0.05) is 25.1 Å². The minimum absolute atomic E-state index is 0.239. The average Bonchev–Trinajstić information content (AvgIpc) is 2.97. The summed E-state index contributed by atoms with van der Waals surface area (Å²) < 4.78 is 10.5. The van der Waals surface area contributed by atoms with E-state index in [4.69, 9.17) is 9.15 Å². The van der Waals surface area contributed by atoms with E-state index in [1.165, 1.54) is 12.7 Å². The molecule has 3 rings (SSSR count). The highest BCUT2D eigenvalue weighted by molar-refractivity contribution is 6.09. The number of carbonyl (C=O) groups excluding carboxylic acids is 2. The van der Waals surface area contributed by atoms with Crippen molar-refractivity contribution in [2.75, 3.05) is 12.4 Å². The number of nitrogens with one attached hydrogen (secondary N) is 1. The van der Waals surface area contributed by atoms with E-state index >= 15 is 0 Å². The summed E-state index contributed by atoms with van der Waals surface area (Å²) in [5.41, 5.74) is 3.30. The number of amides is 1. The molecule has 3 aromatic rings. The van der Waals surface area contributed by atoms with E-state index < -0.39 is 11.9 Å². The van der Waals surface area contributed by atoms with E-state index in [1.807, 2.05) is 25.1 Å². The summed E-state index contributed by atoms with van der Waals surface area (Å²) in [5.74, 6) is -0.671. The molecule has 0 fully saturated rings. The second-order valence-electron chi connectivity index (χ2n) is 5.73. The molecule has 5 nitrogen and oxygen atoms in total. The molecule has 128 valence electrons. The zero-order valence-electron chi connectivity index (χ0n) is 14.4. The number of hydrogen-bond donors (Lipinski definition) is 1. The first-order chi connectivity index (χ1) is 12.0. The Morgan fingerprint density at radius 1 is 1.16 bits per heavy atom. The number of anilines is 1. The molecule has 1 amide bonds. The molecule has 0 saturated carbocycles. The average molecular weight is 337 g/mol. The van der Waals surface area contributed by atoms with Gasteiger partial charge >= 0.3 is 5.97 Å². The van der Waals surface area contributed by atoms with Gasteiger partial charge in [0, 0.05) is 10.9 Å². The van der Waals surface area contributed by atoms with E-state index in [1.54, 1.807) is 24.3 Å². The summed E-state index contributed by atoms with van der Waals surface area (Å²) in [5, 5.41) is 3.66. The van der Waals surface area contributed by atoms with Gasteiger partial charge in [-0.05, 0) is 43.2 Å². The normalized spacial score (nSPS) is 10.7. The summed E-state index contributed by atoms with van der Waals surface area (Å²) in [6, 6.07) is 12.6. The van der Waals surface area contributed by atoms with E-state index in [9.17, 15) is 9.59 Å². The Labute approximate surface area is 145 Å². The van der Waals surface area contributed by atoms with Crippen molar-refractivity contribution in [3.8, 4) is 0 Å². The van der Waals surface area contributed by atoms with Crippen LogP contribution < -0.4 is 5.32 Å². The molecule has 1 heterocycles. The number of hydrogen-bond acceptors (Lipinski definition) is 4. The number of furan rings is 1. The van der Waals surface area contributed by atoms with Crippen molar-refractivity contribution in [2.45, 2.75) is 20.3 Å². The minimum Gasteiger partial charge on any atom is -0.465 e. The molecule has 0 bridgehead atoms. The summed E-state index contributed by atoms with van der Waals surface area (Å²) >= 11 is 0. The topological polar surface area (TPSA) is 68.5 Å². The van der Waals surface area contributed by atoms with Crippen LogP contribution in [0.5, 0.6) is 0 Å². The largest absolute Gasteiger partial charge is 0.465 e. The van der Waals surface area contributed by atoms with Crippen molar-refractivity contribution in [1.82, 2.24) is 0 Å². The lowest BCUT2D eigenvalue weighted by Crippen LogP contribution is -2.15. The Bertz CT molecular complexity index is 955. The maximum Gasteiger partial charge on any atom is 0.339 e. The maximum atomic E-state index is 12.7. The lowest BCUT2D eigenvalue weighted by atomic mass is 10.1. The fraction of sp³-hybridized carbons (Fsp3) is 0.200. The molecule has 0 unspecified atom stereocenters. The van der Waals surface area contributed by atoms with Gasteiger partial charge in [-0.15, -0.1) is 0 Å². The van der Waals surface area contributed by atoms with Crippen LogP contribution in [0.3, 0.4) is 0 Å². The number of fused-ring (bicyclic) bond motifs is 1. The summed E-state index contributed by atoms with van der Waals surface area (Å²) in [7, 11) is 1.30. The second-order valence-corrected chi connectivity index (χ2v) is 5.73. The maximum absolute atomic E-state index is 12.7. The van der Waals surface area contributed by atoms with Gasteiger partial charge in [-0.25, -0.2) is 4.79 Å². The summed E-state index contributed by atoms with van der Waals surface area (Å²) in [6.45, 7) is 3.93. The Morgan fingerprint density at radius 2 is 1.92 bits per heavy atom. The molecule has 0 spiro atoms. The number of ether oxygens (including phenoxy) is 1. The van der Waals surface area contributed by atoms with Crippen molar-refractivity contribution in [3.05, 3.63) is 64.9 Å². The Morgan fingerprint density at radius 3 is 2.64 bits per heavy atom. The fourth-order valence-corrected chi connectivity index (χ4v) is 2.76. The molecule has 0 saturated heterocycles. The van der Waals surface area contributed by atoms with Crippen LogP contribution in [0.1, 0.15) is 39.0 Å². The van der Waals surface area contributed by atoms with Gasteiger partial charge < -0.3 is 14.5 Å². The number of rotatable bonds is 4. The van der Waals surface area contributed by atoms with Crippen LogP contribution in [0, 0.1) is 6.92 Å². The van der Waals surface area contributed by atoms with Crippen LogP contribution in [-0.2, 0) is 11.2 Å². The first-order valence-corrected chi connectivity index (χ1v) is 8.05. The first kappa shape index (κ1) is 16.8. The summed E-state index contributed by atoms with van der Waals surface area (Å²) in [4.78, 5) is 24.5. The van der Waals surface area contributed by atoms with Gasteiger partial charge in [0.15, 0.2) is 5.76 Å². The number of benzene rings is 2. The highest BCUT2D eigenvalue weighted by atomic mass is 16.5. The van der Waals surface area contributed by atoms with E-state index in [2.05, 4.69) is 12.2 Å². The Balaban J connectivity index is 1.96. The van der Waals surface area contributed by atoms with Crippen LogP contribution in [-0.4, -0.2) is 19.0 Å². The summed E-state index contributed by atoms with van der Waals surface area (Å²) in [6.07, 6.45) is 0.911. The fourth-order valence-electron chi connectivity index (χ4n) is 2.76. The van der Waals surface area contributed by atoms with Crippen LogP contribution >= 0.6 is 0 Å². The quantitative estimate of drug-likeness (QED) is 0.719. The second kappa shape index (κ2) is 6.81. The molecular weight excluding hydrogens is 318 g/mol. The molecule has 0 aliphatic carbocycles. The highest BCUT2D eigenvalue weighted by Crippen LogP contribution is 2.27. The predicted octanol–water partition coefficient (Wildman–Crippen LogP) is 4.34. The standard InChI is InChI=1S/C20H19NO4/c1-4-13-9-10-17-15(11-13)12(2)18(25-17)19(22)21-16-8-6-5-7-14(16)20(23)24-3/h5-11H,4H2,1-3H3,(H,21,22). The van der Waals surface area contributed by atoms with Gasteiger partial charge in [-0.2, -0.15) is 0 Å². The van der Waals surface area contributed by atoms with Gasteiger partial charge in [0.2, 0.25) is 0 Å². The van der Waals surface area contributed by atoms with Crippen LogP contribution in [0.4, 0.5) is 5.69 Å². The number of para-hydroxylation sites is 1. The van der Waals surface area contributed by atoms with Gasteiger partial charge in [0.05, 0.1) is 18.4 Å². The highest BCUT2D eigenvalue weighted by Gasteiger charge is 2.20. The van der Waals surface area contributed by atoms with Gasteiger partial charge in [-0.3, -0.25) is 4.79 Å². The third-order valence-corrected chi connectivity index (χ3v) is 4.20. The van der Waals surface area contributed by atoms with Crippen molar-refractivity contribution in [3.63, 3.8) is 0 Å². The molecule has 0 aliphatic heterocycles. The third-order valence-electron chi connectivity index (χ3n) is 4.20. The number of methoxy groups -OCH3 is 1. The molecule has 2 aromatic carbocycles. The molecule has 1 N–H and O–H groups in total. The smallest absolute Gasteiger partial charge is 0.339 e. The SMILES string of the molecule is CCc1ccc2oc(C(=O)Nc3ccccc3C(=O)OC)c(C)c2c1. The number of esters is 1. The Hall–Kier alpha value is -3.08. The van der Waals surface area contributed by atoms with Crippen molar-refractivity contribution >= 4 is 28.5 Å². The van der Waals surface area contributed by atoms with Gasteiger partial charge in [0.1, 0.15) is 5.58 Å². The molecule has 5 heteroatoms. The lowest BCUT2D eigenvalue weighted by Gasteiger charge is -2.08. The van der Waals surface area contributed by atoms with E-state index in [0.29, 0.717) is 16.8 Å². The molecule has 0 atom stereocenters. The van der Waals surface area contributed by atoms with Crippen molar-refractivity contribution < 1.29 is 18.7 Å². The van der Waals surface area contributed by atoms with Crippen molar-refractivity contribution in [2.24, 2.45) is 0 Å². The zero-order chi connectivity index (χ0) is 18.0. The minimum atomic E-state index is -0.509. The van der Waals surface area contributed by atoms with Crippen LogP contribution in [0.25, 0.3) is 11.0 Å².